The average molecular weight is 635 g/mol. The summed E-state index contributed by atoms with van der Waals surface area (Å²) in [6.07, 6.45) is -9.11. The second-order valence-electron chi connectivity index (χ2n) is 10.3. The van der Waals surface area contributed by atoms with Gasteiger partial charge in [0.15, 0.2) is 12.4 Å². The van der Waals surface area contributed by atoms with Crippen LogP contribution in [0, 0.1) is 0 Å². The van der Waals surface area contributed by atoms with Crippen LogP contribution in [0.5, 0.6) is 11.5 Å². The lowest BCUT2D eigenvalue weighted by atomic mass is 9.99. The summed E-state index contributed by atoms with van der Waals surface area (Å²) in [5.74, 6) is -4.33. The van der Waals surface area contributed by atoms with Crippen molar-refractivity contribution < 1.29 is 74.1 Å². The highest BCUT2D eigenvalue weighted by Crippen LogP contribution is 2.38. The third-order valence-corrected chi connectivity index (χ3v) is 7.10. The number of hydrogen-bond acceptors (Lipinski definition) is 15. The number of ether oxygens (including phenoxy) is 5. The van der Waals surface area contributed by atoms with E-state index in [0.29, 0.717) is 11.1 Å². The van der Waals surface area contributed by atoms with Crippen molar-refractivity contribution in [2.45, 2.75) is 54.8 Å². The van der Waals surface area contributed by atoms with Crippen molar-refractivity contribution in [3.05, 3.63) is 71.8 Å². The molecule has 15 nitrogen and oxygen atoms in total. The lowest BCUT2D eigenvalue weighted by Crippen LogP contribution is -2.63. The molecular weight excluding hydrogens is 600 g/mol. The van der Waals surface area contributed by atoms with E-state index in [0.717, 1.165) is 12.2 Å². The summed E-state index contributed by atoms with van der Waals surface area (Å²) in [6.45, 7) is -2.54. The third kappa shape index (κ3) is 8.23. The largest absolute Gasteiger partial charge is 0.508 e. The van der Waals surface area contributed by atoms with Crippen molar-refractivity contribution in [3.8, 4) is 11.5 Å². The fourth-order valence-electron chi connectivity index (χ4n) is 4.64. The van der Waals surface area contributed by atoms with Crippen molar-refractivity contribution >= 4 is 24.1 Å². The van der Waals surface area contributed by atoms with Gasteiger partial charge in [-0.3, -0.25) is 0 Å². The van der Waals surface area contributed by atoms with E-state index in [4.69, 9.17) is 23.7 Å². The zero-order valence-corrected chi connectivity index (χ0v) is 23.6. The lowest BCUT2D eigenvalue weighted by Gasteiger charge is -2.43. The van der Waals surface area contributed by atoms with Crippen LogP contribution >= 0.6 is 0 Å². The molecule has 2 aliphatic heterocycles. The number of hydrogen-bond donors (Lipinski definition) is 8. The maximum Gasteiger partial charge on any atom is 0.331 e. The average Bonchev–Trinajstić information content (AvgIpc) is 3.29. The summed E-state index contributed by atoms with van der Waals surface area (Å²) in [5.41, 5.74) is 1.07. The predicted molar refractivity (Wildman–Crippen MR) is 151 cm³/mol. The van der Waals surface area contributed by atoms with E-state index < -0.39 is 86.6 Å². The first kappa shape index (κ1) is 34.0. The Hall–Kier alpha value is -3.90. The molecule has 2 fully saturated rings. The van der Waals surface area contributed by atoms with Gasteiger partial charge in [0.2, 0.25) is 5.79 Å². The molecule has 0 amide bonds. The molecule has 0 unspecified atom stereocenters. The Morgan fingerprint density at radius 2 is 1.31 bits per heavy atom. The second-order valence-corrected chi connectivity index (χ2v) is 10.3. The minimum absolute atomic E-state index is 0.00149. The molecular formula is C30H34O15. The van der Waals surface area contributed by atoms with Crippen LogP contribution in [-0.2, 0) is 33.3 Å². The maximum atomic E-state index is 12.8. The highest BCUT2D eigenvalue weighted by Gasteiger charge is 2.61. The zero-order chi connectivity index (χ0) is 32.7. The number of carbonyl (C=O) groups is 2. The van der Waals surface area contributed by atoms with Crippen LogP contribution in [0.3, 0.4) is 0 Å². The van der Waals surface area contributed by atoms with Crippen molar-refractivity contribution in [2.75, 3.05) is 19.8 Å². The molecule has 0 aromatic heterocycles. The number of aliphatic hydroxyl groups excluding tert-OH is 6. The van der Waals surface area contributed by atoms with Crippen LogP contribution in [0.1, 0.15) is 11.1 Å². The van der Waals surface area contributed by atoms with Gasteiger partial charge in [-0.15, -0.1) is 0 Å². The maximum absolute atomic E-state index is 12.8. The Labute approximate surface area is 256 Å². The number of phenolic OH excluding ortho intramolecular Hbond substituents is 2. The summed E-state index contributed by atoms with van der Waals surface area (Å²) >= 11 is 0. The summed E-state index contributed by atoms with van der Waals surface area (Å²) in [7, 11) is 0. The molecule has 0 spiro atoms. The molecule has 9 atom stereocenters. The van der Waals surface area contributed by atoms with Gasteiger partial charge in [0.1, 0.15) is 61.3 Å². The highest BCUT2D eigenvalue weighted by atomic mass is 16.8. The molecule has 244 valence electrons. The Morgan fingerprint density at radius 3 is 1.84 bits per heavy atom. The first-order valence-corrected chi connectivity index (χ1v) is 13.7. The van der Waals surface area contributed by atoms with E-state index in [9.17, 15) is 50.4 Å². The van der Waals surface area contributed by atoms with E-state index in [2.05, 4.69) is 0 Å². The first-order chi connectivity index (χ1) is 21.5. The molecule has 2 saturated heterocycles. The Morgan fingerprint density at radius 1 is 0.756 bits per heavy atom. The molecule has 2 heterocycles. The van der Waals surface area contributed by atoms with Crippen LogP contribution in [0.15, 0.2) is 60.7 Å². The smallest absolute Gasteiger partial charge is 0.331 e. The standard InChI is InChI=1S/C30H34O15/c31-13-20-24(37)26(39)27(40)29(42-20)45-30(15-32)28(43-23(36)12-6-17-3-9-19(34)10-4-17)25(38)21(44-30)14-41-22(35)11-5-16-1-7-18(33)8-2-16/h1-12,20-21,24-29,31-34,37-40H,13-15H2/b11-5+,12-6+/t20-,21-,24+,25+,26+,27-,28+,29-,30+/m1/s1. The van der Waals surface area contributed by atoms with E-state index >= 15 is 0 Å². The number of carbonyl (C=O) groups excluding carboxylic acids is 2. The first-order valence-electron chi connectivity index (χ1n) is 13.7. The SMILES string of the molecule is O=C(/C=C/c1ccc(O)cc1)OC[C@H]1O[C@@](CO)(O[C@H]2O[C@H](CO)[C@H](O)[C@H](O)[C@H]2O)[C@@H](OC(=O)/C=C/c2ccc(O)cc2)[C@H]1O. The molecule has 2 aliphatic rings. The Balaban J connectivity index is 1.52. The molecule has 2 aromatic carbocycles. The van der Waals surface area contributed by atoms with Gasteiger partial charge >= 0.3 is 11.9 Å². The van der Waals surface area contributed by atoms with E-state index in [1.807, 2.05) is 0 Å². The number of aromatic hydroxyl groups is 2. The third-order valence-electron chi connectivity index (χ3n) is 7.10. The number of benzene rings is 2. The van der Waals surface area contributed by atoms with Crippen molar-refractivity contribution in [2.24, 2.45) is 0 Å². The van der Waals surface area contributed by atoms with E-state index in [1.54, 1.807) is 12.1 Å². The molecule has 0 bridgehead atoms. The van der Waals surface area contributed by atoms with Crippen LogP contribution < -0.4 is 0 Å². The molecule has 4 rings (SSSR count). The van der Waals surface area contributed by atoms with E-state index in [-0.39, 0.29) is 11.5 Å². The summed E-state index contributed by atoms with van der Waals surface area (Å²) in [4.78, 5) is 25.2. The molecule has 0 saturated carbocycles. The summed E-state index contributed by atoms with van der Waals surface area (Å²) in [5, 5.41) is 80.7. The van der Waals surface area contributed by atoms with Gasteiger partial charge in [-0.1, -0.05) is 24.3 Å². The lowest BCUT2D eigenvalue weighted by molar-refractivity contribution is -0.383. The number of esters is 2. The molecule has 0 radical (unpaired) electrons. The quantitative estimate of drug-likeness (QED) is 0.104. The highest BCUT2D eigenvalue weighted by molar-refractivity contribution is 5.87. The van der Waals surface area contributed by atoms with Crippen molar-refractivity contribution in [1.29, 1.82) is 0 Å². The molecule has 0 aliphatic carbocycles. The van der Waals surface area contributed by atoms with Crippen LogP contribution in [0.2, 0.25) is 0 Å². The van der Waals surface area contributed by atoms with Gasteiger partial charge in [0.25, 0.3) is 0 Å². The van der Waals surface area contributed by atoms with Crippen molar-refractivity contribution in [3.63, 3.8) is 0 Å². The minimum Gasteiger partial charge on any atom is -0.508 e. The number of rotatable bonds is 11. The van der Waals surface area contributed by atoms with Crippen LogP contribution in [0.4, 0.5) is 0 Å². The van der Waals surface area contributed by atoms with Gasteiger partial charge in [0.05, 0.1) is 6.61 Å². The summed E-state index contributed by atoms with van der Waals surface area (Å²) < 4.78 is 27.3. The van der Waals surface area contributed by atoms with Crippen molar-refractivity contribution in [1.82, 2.24) is 0 Å². The van der Waals surface area contributed by atoms with Gasteiger partial charge in [0, 0.05) is 12.2 Å². The van der Waals surface area contributed by atoms with Gasteiger partial charge in [-0.05, 0) is 47.5 Å². The molecule has 2 aromatic rings. The van der Waals surface area contributed by atoms with Gasteiger partial charge in [-0.2, -0.15) is 0 Å². The fourth-order valence-corrected chi connectivity index (χ4v) is 4.64. The normalized spacial score (nSPS) is 31.8. The van der Waals surface area contributed by atoms with Crippen LogP contribution in [0.25, 0.3) is 12.2 Å². The topological polar surface area (TPSA) is 242 Å². The predicted octanol–water partition coefficient (Wildman–Crippen LogP) is -1.46. The number of phenols is 2. The fraction of sp³-hybridized carbons (Fsp3) is 0.400. The number of aliphatic hydroxyl groups is 6. The van der Waals surface area contributed by atoms with E-state index in [1.165, 1.54) is 48.6 Å². The van der Waals surface area contributed by atoms with Crippen LogP contribution in [-0.4, -0.2) is 127 Å². The van der Waals surface area contributed by atoms with Gasteiger partial charge < -0.3 is 64.5 Å². The molecule has 15 heteroatoms. The minimum atomic E-state index is -2.46. The second kappa shape index (κ2) is 14.9. The van der Waals surface area contributed by atoms with Gasteiger partial charge in [-0.25, -0.2) is 9.59 Å². The molecule has 8 N–H and O–H groups in total. The zero-order valence-electron chi connectivity index (χ0n) is 23.6. The molecule has 45 heavy (non-hydrogen) atoms. The Bertz CT molecular complexity index is 1340. The Kier molecular flexibility index (Phi) is 11.3. The summed E-state index contributed by atoms with van der Waals surface area (Å²) in [6, 6.07) is 11.7. The monoisotopic (exact) mass is 634 g/mol.